The second-order valence-electron chi connectivity index (χ2n) is 6.61. The van der Waals surface area contributed by atoms with Gasteiger partial charge in [0.2, 0.25) is 0 Å². The molecule has 2 bridgehead atoms. The second kappa shape index (κ2) is 4.23. The van der Waals surface area contributed by atoms with Gasteiger partial charge in [-0.05, 0) is 33.1 Å². The van der Waals surface area contributed by atoms with Crippen LogP contribution in [-0.2, 0) is 14.3 Å². The van der Waals surface area contributed by atoms with E-state index in [0.29, 0.717) is 9.84 Å². The number of hydrogen-bond donors (Lipinski definition) is 1. The van der Waals surface area contributed by atoms with Gasteiger partial charge in [0.1, 0.15) is 11.7 Å². The van der Waals surface area contributed by atoms with E-state index < -0.39 is 11.7 Å². The minimum absolute atomic E-state index is 0.0554. The molecule has 0 aromatic rings. The van der Waals surface area contributed by atoms with Gasteiger partial charge in [-0.15, -0.1) is 0 Å². The largest absolute Gasteiger partial charge is 0.461 e. The van der Waals surface area contributed by atoms with Crippen LogP contribution in [0.5, 0.6) is 0 Å². The van der Waals surface area contributed by atoms with Gasteiger partial charge in [-0.2, -0.15) is 0 Å². The topological polar surface area (TPSA) is 64.6 Å². The predicted octanol–water partition coefficient (Wildman–Crippen LogP) is 1.87. The third-order valence-electron chi connectivity index (χ3n) is 4.21. The van der Waals surface area contributed by atoms with Gasteiger partial charge in [0, 0.05) is 12.0 Å². The Bertz CT molecular complexity index is 433. The van der Waals surface area contributed by atoms with Crippen molar-refractivity contribution in [3.05, 3.63) is 0 Å². The Morgan fingerprint density at radius 1 is 1.42 bits per heavy atom. The Balaban J connectivity index is 1.72. The number of hydrogen-bond acceptors (Lipinski definition) is 4. The molecule has 19 heavy (non-hydrogen) atoms. The van der Waals surface area contributed by atoms with Crippen molar-refractivity contribution in [3.63, 3.8) is 0 Å². The molecule has 0 aromatic heterocycles. The van der Waals surface area contributed by atoms with E-state index in [1.165, 1.54) is 0 Å². The van der Waals surface area contributed by atoms with Gasteiger partial charge >= 0.3 is 12.1 Å². The van der Waals surface area contributed by atoms with Gasteiger partial charge in [0.15, 0.2) is 0 Å². The van der Waals surface area contributed by atoms with Crippen LogP contribution in [0, 0.1) is 17.8 Å². The first-order valence-electron chi connectivity index (χ1n) is 6.62. The lowest BCUT2D eigenvalue weighted by molar-refractivity contribution is -0.143. The number of alkyl carbamates (subject to hydrolysis) is 1. The number of rotatable bonds is 1. The molecule has 106 valence electrons. The fourth-order valence-electron chi connectivity index (χ4n) is 3.61. The number of halogens is 1. The fourth-order valence-corrected chi connectivity index (χ4v) is 5.03. The van der Waals surface area contributed by atoms with Crippen molar-refractivity contribution in [3.8, 4) is 0 Å². The maximum atomic E-state index is 11.9. The molecule has 1 saturated heterocycles. The summed E-state index contributed by atoms with van der Waals surface area (Å²) in [4.78, 5) is 23.8. The zero-order valence-electron chi connectivity index (χ0n) is 11.2. The molecule has 0 spiro atoms. The maximum Gasteiger partial charge on any atom is 0.407 e. The number of fused-ring (bicyclic) bond motifs is 1. The summed E-state index contributed by atoms with van der Waals surface area (Å²) in [6.45, 7) is 5.48. The molecule has 6 atom stereocenters. The van der Waals surface area contributed by atoms with E-state index in [4.69, 9.17) is 9.47 Å². The first kappa shape index (κ1) is 13.5. The molecular weight excluding hydrogens is 361 g/mol. The number of esters is 1. The monoisotopic (exact) mass is 379 g/mol. The van der Waals surface area contributed by atoms with Crippen molar-refractivity contribution in [2.45, 2.75) is 48.9 Å². The Kier molecular flexibility index (Phi) is 3.00. The van der Waals surface area contributed by atoms with Gasteiger partial charge in [0.05, 0.1) is 9.84 Å². The van der Waals surface area contributed by atoms with E-state index >= 15 is 0 Å². The van der Waals surface area contributed by atoms with Crippen molar-refractivity contribution in [1.82, 2.24) is 5.32 Å². The van der Waals surface area contributed by atoms with Crippen molar-refractivity contribution >= 4 is 34.7 Å². The lowest BCUT2D eigenvalue weighted by atomic mass is 9.85. The van der Waals surface area contributed by atoms with E-state index in [1.54, 1.807) is 0 Å². The summed E-state index contributed by atoms with van der Waals surface area (Å²) in [6, 6.07) is -0.131. The summed E-state index contributed by atoms with van der Waals surface area (Å²) in [5.41, 5.74) is -0.524. The van der Waals surface area contributed by atoms with Gasteiger partial charge in [-0.25, -0.2) is 4.79 Å². The van der Waals surface area contributed by atoms with E-state index in [0.717, 1.165) is 6.42 Å². The quantitative estimate of drug-likeness (QED) is 0.429. The number of carbonyl (C=O) groups is 2. The zero-order chi connectivity index (χ0) is 13.9. The lowest BCUT2D eigenvalue weighted by Gasteiger charge is -2.30. The molecule has 6 heteroatoms. The first-order chi connectivity index (χ1) is 8.78. The normalized spacial score (nSPS) is 43.3. The zero-order valence-corrected chi connectivity index (χ0v) is 13.3. The molecule has 1 N–H and O–H groups in total. The van der Waals surface area contributed by atoms with Crippen LogP contribution in [0.2, 0.25) is 0 Å². The third-order valence-corrected chi connectivity index (χ3v) is 5.84. The molecule has 3 aliphatic rings. The maximum absolute atomic E-state index is 11.9. The number of ether oxygens (including phenoxy) is 2. The van der Waals surface area contributed by atoms with E-state index in [2.05, 4.69) is 27.9 Å². The summed E-state index contributed by atoms with van der Waals surface area (Å²) >= 11 is 2.34. The molecule has 0 radical (unpaired) electrons. The van der Waals surface area contributed by atoms with Crippen molar-refractivity contribution in [1.29, 1.82) is 0 Å². The Morgan fingerprint density at radius 2 is 2.11 bits per heavy atom. The SMILES string of the molecule is CC(C)(C)OC(=O)NC1C2CC3C(OC(=O)C31)C2I. The van der Waals surface area contributed by atoms with Crippen LogP contribution in [0.25, 0.3) is 0 Å². The third kappa shape index (κ3) is 2.11. The highest BCUT2D eigenvalue weighted by Gasteiger charge is 2.66. The van der Waals surface area contributed by atoms with E-state index in [1.807, 2.05) is 20.8 Å². The first-order valence-corrected chi connectivity index (χ1v) is 7.86. The van der Waals surface area contributed by atoms with Crippen molar-refractivity contribution in [2.75, 3.05) is 0 Å². The fraction of sp³-hybridized carbons (Fsp3) is 0.846. The summed E-state index contributed by atoms with van der Waals surface area (Å²) < 4.78 is 11.0. The second-order valence-corrected chi connectivity index (χ2v) is 8.05. The Labute approximate surface area is 125 Å². The smallest absolute Gasteiger partial charge is 0.407 e. The minimum atomic E-state index is -0.524. The highest BCUT2D eigenvalue weighted by Crippen LogP contribution is 2.56. The molecule has 3 fully saturated rings. The van der Waals surface area contributed by atoms with Crippen LogP contribution >= 0.6 is 22.6 Å². The van der Waals surface area contributed by atoms with Crippen molar-refractivity contribution in [2.24, 2.45) is 17.8 Å². The molecule has 1 heterocycles. The van der Waals surface area contributed by atoms with Gasteiger partial charge in [-0.1, -0.05) is 22.6 Å². The van der Waals surface area contributed by atoms with E-state index in [9.17, 15) is 9.59 Å². The molecular formula is C13H18INO4. The summed E-state index contributed by atoms with van der Waals surface area (Å²) in [6.07, 6.45) is 0.583. The van der Waals surface area contributed by atoms with Crippen LogP contribution in [0.4, 0.5) is 4.79 Å². The van der Waals surface area contributed by atoms with Gasteiger partial charge in [0.25, 0.3) is 0 Å². The summed E-state index contributed by atoms with van der Waals surface area (Å²) in [7, 11) is 0. The molecule has 6 unspecified atom stereocenters. The number of carbonyl (C=O) groups excluding carboxylic acids is 2. The highest BCUT2D eigenvalue weighted by atomic mass is 127. The molecule has 5 nitrogen and oxygen atoms in total. The molecule has 2 aliphatic carbocycles. The van der Waals surface area contributed by atoms with Gasteiger partial charge in [-0.3, -0.25) is 4.79 Å². The highest BCUT2D eigenvalue weighted by molar-refractivity contribution is 14.1. The average molecular weight is 379 g/mol. The molecule has 2 saturated carbocycles. The van der Waals surface area contributed by atoms with Gasteiger partial charge < -0.3 is 14.8 Å². The standard InChI is InChI=1S/C13H18INO4/c1-13(2,3)19-12(17)15-9-6-4-5-7(9)11(16)18-10(5)8(6)14/h5-10H,4H2,1-3H3,(H,15,17). The van der Waals surface area contributed by atoms with Crippen LogP contribution in [0.15, 0.2) is 0 Å². The summed E-state index contributed by atoms with van der Waals surface area (Å²) in [5.74, 6) is 0.269. The Morgan fingerprint density at radius 3 is 2.74 bits per heavy atom. The minimum Gasteiger partial charge on any atom is -0.461 e. The molecule has 3 rings (SSSR count). The Hall–Kier alpha value is -0.530. The molecule has 0 aromatic carbocycles. The molecule has 1 amide bonds. The predicted molar refractivity (Wildman–Crippen MR) is 75.9 cm³/mol. The lowest BCUT2D eigenvalue weighted by Crippen LogP contribution is -2.49. The summed E-state index contributed by atoms with van der Waals surface area (Å²) in [5, 5.41) is 2.89. The number of alkyl halides is 1. The van der Waals surface area contributed by atoms with E-state index in [-0.39, 0.29) is 30.0 Å². The van der Waals surface area contributed by atoms with Crippen LogP contribution < -0.4 is 5.32 Å². The number of amides is 1. The van der Waals surface area contributed by atoms with Crippen LogP contribution in [-0.4, -0.2) is 33.7 Å². The molecule has 1 aliphatic heterocycles. The van der Waals surface area contributed by atoms with Crippen LogP contribution in [0.3, 0.4) is 0 Å². The average Bonchev–Trinajstić information content (AvgIpc) is 2.81. The van der Waals surface area contributed by atoms with Crippen molar-refractivity contribution < 1.29 is 19.1 Å². The van der Waals surface area contributed by atoms with Crippen LogP contribution in [0.1, 0.15) is 27.2 Å². The number of nitrogens with one attached hydrogen (secondary N) is 1.